The van der Waals surface area contributed by atoms with Crippen LogP contribution in [0.3, 0.4) is 0 Å². The van der Waals surface area contributed by atoms with Crippen molar-refractivity contribution in [3.8, 4) is 0 Å². The van der Waals surface area contributed by atoms with Crippen molar-refractivity contribution in [2.24, 2.45) is 0 Å². The second-order valence-corrected chi connectivity index (χ2v) is 9.07. The molecule has 1 aliphatic carbocycles. The van der Waals surface area contributed by atoms with Gasteiger partial charge in [0.05, 0.1) is 10.9 Å². The van der Waals surface area contributed by atoms with E-state index in [4.69, 9.17) is 16.6 Å². The maximum absolute atomic E-state index is 13.0. The van der Waals surface area contributed by atoms with Crippen LogP contribution >= 0.6 is 11.6 Å². The zero-order valence-electron chi connectivity index (χ0n) is 18.2. The van der Waals surface area contributed by atoms with Gasteiger partial charge in [-0.05, 0) is 49.2 Å². The van der Waals surface area contributed by atoms with Crippen LogP contribution in [0.25, 0.3) is 10.9 Å². The van der Waals surface area contributed by atoms with E-state index in [1.807, 2.05) is 24.3 Å². The zero-order chi connectivity index (χ0) is 22.9. The van der Waals surface area contributed by atoms with Crippen molar-refractivity contribution in [2.75, 3.05) is 26.2 Å². The minimum absolute atomic E-state index is 0.0140. The molecule has 2 aliphatic rings. The average molecular weight is 465 g/mol. The first-order valence-corrected chi connectivity index (χ1v) is 11.7. The highest BCUT2D eigenvalue weighted by Gasteiger charge is 2.29. The Balaban J connectivity index is 1.22. The molecule has 1 saturated carbocycles. The molecule has 0 N–H and O–H groups in total. The predicted molar refractivity (Wildman–Crippen MR) is 127 cm³/mol. The van der Waals surface area contributed by atoms with E-state index in [1.54, 1.807) is 38.6 Å². The minimum atomic E-state index is -0.0485. The molecule has 1 aliphatic heterocycles. The summed E-state index contributed by atoms with van der Waals surface area (Å²) in [6.45, 7) is 1.99. The summed E-state index contributed by atoms with van der Waals surface area (Å²) >= 11 is 5.91. The molecule has 3 aromatic rings. The summed E-state index contributed by atoms with van der Waals surface area (Å²) in [5, 5.41) is 1.22. The van der Waals surface area contributed by atoms with Gasteiger partial charge < -0.3 is 9.80 Å². The van der Waals surface area contributed by atoms with Gasteiger partial charge in [-0.2, -0.15) is 0 Å². The number of benzene rings is 2. The van der Waals surface area contributed by atoms with Gasteiger partial charge in [-0.1, -0.05) is 23.7 Å². The van der Waals surface area contributed by atoms with E-state index in [0.717, 1.165) is 12.8 Å². The summed E-state index contributed by atoms with van der Waals surface area (Å²) in [6.07, 6.45) is 2.68. The van der Waals surface area contributed by atoms with Crippen LogP contribution in [0.4, 0.5) is 0 Å². The summed E-state index contributed by atoms with van der Waals surface area (Å²) in [6, 6.07) is 14.4. The number of aryl methyl sites for hydroxylation is 1. The van der Waals surface area contributed by atoms with E-state index in [9.17, 15) is 14.4 Å². The van der Waals surface area contributed by atoms with Gasteiger partial charge in [-0.15, -0.1) is 0 Å². The first-order valence-electron chi connectivity index (χ1n) is 11.3. The fourth-order valence-electron chi connectivity index (χ4n) is 4.39. The molecule has 8 heteroatoms. The third-order valence-corrected chi connectivity index (χ3v) is 6.62. The lowest BCUT2D eigenvalue weighted by Gasteiger charge is -2.35. The minimum Gasteiger partial charge on any atom is -0.339 e. The SMILES string of the molecule is O=C(CCc1nc2ccccc2c(=O)n1C1CC1)N1CCN(C(=O)c2ccc(Cl)cc2)CC1. The average Bonchev–Trinajstić information content (AvgIpc) is 3.68. The summed E-state index contributed by atoms with van der Waals surface area (Å²) in [5.74, 6) is 0.664. The van der Waals surface area contributed by atoms with Crippen molar-refractivity contribution in [2.45, 2.75) is 31.7 Å². The Bertz CT molecular complexity index is 1260. The largest absolute Gasteiger partial charge is 0.339 e. The number of halogens is 1. The molecule has 2 fully saturated rings. The van der Waals surface area contributed by atoms with Gasteiger partial charge in [0.1, 0.15) is 5.82 Å². The van der Waals surface area contributed by atoms with Crippen LogP contribution in [-0.4, -0.2) is 57.3 Å². The number of aromatic nitrogens is 2. The van der Waals surface area contributed by atoms with Crippen molar-refractivity contribution >= 4 is 34.3 Å². The first kappa shape index (κ1) is 21.6. The number of carbonyl (C=O) groups is 2. The number of rotatable bonds is 5. The van der Waals surface area contributed by atoms with Gasteiger partial charge in [0.25, 0.3) is 11.5 Å². The Morgan fingerprint density at radius 1 is 0.939 bits per heavy atom. The number of hydrogen-bond acceptors (Lipinski definition) is 4. The van der Waals surface area contributed by atoms with E-state index in [1.165, 1.54) is 0 Å². The summed E-state index contributed by atoms with van der Waals surface area (Å²) < 4.78 is 1.79. The Morgan fingerprint density at radius 3 is 2.30 bits per heavy atom. The van der Waals surface area contributed by atoms with E-state index in [0.29, 0.717) is 66.3 Å². The molecule has 2 amide bonds. The maximum Gasteiger partial charge on any atom is 0.261 e. The number of amides is 2. The molecule has 170 valence electrons. The molecule has 0 radical (unpaired) electrons. The van der Waals surface area contributed by atoms with E-state index in [2.05, 4.69) is 0 Å². The lowest BCUT2D eigenvalue weighted by molar-refractivity contribution is -0.132. The second-order valence-electron chi connectivity index (χ2n) is 8.63. The highest BCUT2D eigenvalue weighted by molar-refractivity contribution is 6.30. The number of carbonyl (C=O) groups excluding carboxylic acids is 2. The molecule has 33 heavy (non-hydrogen) atoms. The second kappa shape index (κ2) is 8.98. The van der Waals surface area contributed by atoms with Gasteiger partial charge in [-0.25, -0.2) is 4.98 Å². The maximum atomic E-state index is 13.0. The van der Waals surface area contributed by atoms with Crippen LogP contribution in [0.1, 0.15) is 41.5 Å². The summed E-state index contributed by atoms with van der Waals surface area (Å²) in [4.78, 5) is 46.9. The Morgan fingerprint density at radius 2 is 1.61 bits per heavy atom. The van der Waals surface area contributed by atoms with Gasteiger partial charge in [0.2, 0.25) is 5.91 Å². The molecule has 0 unspecified atom stereocenters. The molecule has 5 rings (SSSR count). The van der Waals surface area contributed by atoms with E-state index >= 15 is 0 Å². The standard InChI is InChI=1S/C25H25ClN4O3/c26-18-7-5-17(6-8-18)24(32)29-15-13-28(14-16-29)23(31)12-11-22-27-21-4-2-1-3-20(21)25(33)30(22)19-9-10-19/h1-8,19H,9-16H2. The van der Waals surface area contributed by atoms with Crippen molar-refractivity contribution in [1.82, 2.24) is 19.4 Å². The number of hydrogen-bond donors (Lipinski definition) is 0. The highest BCUT2D eigenvalue weighted by Crippen LogP contribution is 2.35. The first-order chi connectivity index (χ1) is 16.0. The van der Waals surface area contributed by atoms with Gasteiger partial charge in [0, 0.05) is 55.6 Å². The van der Waals surface area contributed by atoms with E-state index in [-0.39, 0.29) is 23.4 Å². The van der Waals surface area contributed by atoms with Crippen LogP contribution in [-0.2, 0) is 11.2 Å². The lowest BCUT2D eigenvalue weighted by Crippen LogP contribution is -2.50. The van der Waals surface area contributed by atoms with Crippen LogP contribution in [0, 0.1) is 0 Å². The molecular weight excluding hydrogens is 440 g/mol. The van der Waals surface area contributed by atoms with Crippen LogP contribution in [0.5, 0.6) is 0 Å². The monoisotopic (exact) mass is 464 g/mol. The molecule has 1 aromatic heterocycles. The molecule has 2 aromatic carbocycles. The fourth-order valence-corrected chi connectivity index (χ4v) is 4.51. The molecule has 0 bridgehead atoms. The third-order valence-electron chi connectivity index (χ3n) is 6.37. The number of para-hydroxylation sites is 1. The van der Waals surface area contributed by atoms with Gasteiger partial charge in [0.15, 0.2) is 0 Å². The van der Waals surface area contributed by atoms with Gasteiger partial charge in [-0.3, -0.25) is 19.0 Å². The highest BCUT2D eigenvalue weighted by atomic mass is 35.5. The number of piperazine rings is 1. The summed E-state index contributed by atoms with van der Waals surface area (Å²) in [5.41, 5.74) is 1.26. The summed E-state index contributed by atoms with van der Waals surface area (Å²) in [7, 11) is 0. The normalized spacial score (nSPS) is 16.3. The van der Waals surface area contributed by atoms with Crippen LogP contribution in [0.15, 0.2) is 53.3 Å². The molecular formula is C25H25ClN4O3. The fraction of sp³-hybridized carbons (Fsp3) is 0.360. The van der Waals surface area contributed by atoms with Crippen molar-refractivity contribution in [1.29, 1.82) is 0 Å². The molecule has 0 spiro atoms. The van der Waals surface area contributed by atoms with Crippen molar-refractivity contribution in [3.05, 3.63) is 75.3 Å². The Hall–Kier alpha value is -3.19. The third kappa shape index (κ3) is 4.50. The predicted octanol–water partition coefficient (Wildman–Crippen LogP) is 3.30. The quantitative estimate of drug-likeness (QED) is 0.580. The topological polar surface area (TPSA) is 75.5 Å². The zero-order valence-corrected chi connectivity index (χ0v) is 19.0. The molecule has 0 atom stereocenters. The van der Waals surface area contributed by atoms with Crippen LogP contribution < -0.4 is 5.56 Å². The number of fused-ring (bicyclic) bond motifs is 1. The lowest BCUT2D eigenvalue weighted by atomic mass is 10.1. The molecule has 1 saturated heterocycles. The Kier molecular flexibility index (Phi) is 5.89. The van der Waals surface area contributed by atoms with Crippen LogP contribution in [0.2, 0.25) is 5.02 Å². The number of nitrogens with zero attached hydrogens (tertiary/aromatic N) is 4. The van der Waals surface area contributed by atoms with Crippen molar-refractivity contribution < 1.29 is 9.59 Å². The van der Waals surface area contributed by atoms with Gasteiger partial charge >= 0.3 is 0 Å². The molecule has 7 nitrogen and oxygen atoms in total. The Labute approximate surface area is 196 Å². The van der Waals surface area contributed by atoms with E-state index < -0.39 is 0 Å². The molecule has 2 heterocycles. The smallest absolute Gasteiger partial charge is 0.261 e. The van der Waals surface area contributed by atoms with Crippen molar-refractivity contribution in [3.63, 3.8) is 0 Å².